The molecule has 6 heteroatoms. The molecule has 0 atom stereocenters. The number of aryl methyl sites for hydroxylation is 1. The number of carbonyl (C=O) groups is 1. The Kier molecular flexibility index (Phi) is 3.82. The molecule has 6 nitrogen and oxygen atoms in total. The molecule has 0 N–H and O–H groups in total. The third-order valence-electron chi connectivity index (χ3n) is 2.72. The fraction of sp³-hybridized carbons (Fsp3) is 0.0625. The molecule has 1 aromatic carbocycles. The van der Waals surface area contributed by atoms with Crippen LogP contribution in [0.4, 0.5) is 0 Å². The van der Waals surface area contributed by atoms with Crippen LogP contribution < -0.4 is 9.47 Å². The van der Waals surface area contributed by atoms with Crippen LogP contribution in [0.5, 0.6) is 17.4 Å². The van der Waals surface area contributed by atoms with Crippen LogP contribution in [-0.2, 0) is 0 Å². The number of esters is 1. The lowest BCUT2D eigenvalue weighted by Crippen LogP contribution is -2.07. The van der Waals surface area contributed by atoms with Crippen LogP contribution in [0, 0.1) is 6.92 Å². The summed E-state index contributed by atoms with van der Waals surface area (Å²) in [7, 11) is 0. The zero-order valence-electron chi connectivity index (χ0n) is 11.7. The molecule has 3 aromatic rings. The average Bonchev–Trinajstić information content (AvgIpc) is 2.97. The number of ether oxygens (including phenoxy) is 2. The van der Waals surface area contributed by atoms with Gasteiger partial charge in [-0.2, -0.15) is 0 Å². The normalized spacial score (nSPS) is 10.2. The Morgan fingerprint density at radius 3 is 2.50 bits per heavy atom. The molecule has 0 saturated heterocycles. The Balaban J connectivity index is 1.65. The Labute approximate surface area is 126 Å². The van der Waals surface area contributed by atoms with E-state index in [9.17, 15) is 4.79 Å². The lowest BCUT2D eigenvalue weighted by atomic mass is 10.3. The van der Waals surface area contributed by atoms with Crippen LogP contribution in [0.25, 0.3) is 0 Å². The Hall–Kier alpha value is -3.15. The molecule has 0 saturated carbocycles. The fourth-order valence-corrected chi connectivity index (χ4v) is 1.72. The second-order valence-electron chi connectivity index (χ2n) is 4.46. The fourth-order valence-electron chi connectivity index (χ4n) is 1.72. The SMILES string of the molecule is Cc1cc(C(=O)Oc2ccc(Oc3ccccn3)cc2)on1. The van der Waals surface area contributed by atoms with Crippen molar-refractivity contribution in [1.82, 2.24) is 10.1 Å². The molecule has 110 valence electrons. The summed E-state index contributed by atoms with van der Waals surface area (Å²) in [6, 6.07) is 13.5. The number of aromatic nitrogens is 2. The van der Waals surface area contributed by atoms with Gasteiger partial charge in [0.1, 0.15) is 11.5 Å². The summed E-state index contributed by atoms with van der Waals surface area (Å²) < 4.78 is 15.6. The summed E-state index contributed by atoms with van der Waals surface area (Å²) in [5, 5.41) is 3.64. The first kappa shape index (κ1) is 13.8. The zero-order valence-corrected chi connectivity index (χ0v) is 11.7. The summed E-state index contributed by atoms with van der Waals surface area (Å²) in [5.41, 5.74) is 0.617. The molecule has 0 aliphatic carbocycles. The van der Waals surface area contributed by atoms with Crippen molar-refractivity contribution in [3.05, 3.63) is 66.2 Å². The van der Waals surface area contributed by atoms with E-state index in [1.807, 2.05) is 6.07 Å². The molecule has 0 amide bonds. The molecular formula is C16H12N2O4. The number of rotatable bonds is 4. The van der Waals surface area contributed by atoms with Crippen molar-refractivity contribution >= 4 is 5.97 Å². The second-order valence-corrected chi connectivity index (χ2v) is 4.46. The predicted octanol–water partition coefficient (Wildman–Crippen LogP) is 3.39. The molecule has 0 spiro atoms. The summed E-state index contributed by atoms with van der Waals surface area (Å²) in [5.74, 6) is 0.927. The number of hydrogen-bond donors (Lipinski definition) is 0. The van der Waals surface area contributed by atoms with Gasteiger partial charge in [-0.25, -0.2) is 9.78 Å². The summed E-state index contributed by atoms with van der Waals surface area (Å²) in [6.45, 7) is 1.73. The summed E-state index contributed by atoms with van der Waals surface area (Å²) in [6.07, 6.45) is 1.64. The van der Waals surface area contributed by atoms with E-state index in [1.165, 1.54) is 6.07 Å². The van der Waals surface area contributed by atoms with Crippen LogP contribution in [0.15, 0.2) is 59.3 Å². The van der Waals surface area contributed by atoms with Gasteiger partial charge in [0.05, 0.1) is 5.69 Å². The van der Waals surface area contributed by atoms with E-state index in [1.54, 1.807) is 49.5 Å². The molecule has 2 aromatic heterocycles. The third-order valence-corrected chi connectivity index (χ3v) is 2.72. The number of pyridine rings is 1. The van der Waals surface area contributed by atoms with E-state index in [-0.39, 0.29) is 5.76 Å². The van der Waals surface area contributed by atoms with Gasteiger partial charge in [-0.15, -0.1) is 0 Å². The molecule has 22 heavy (non-hydrogen) atoms. The van der Waals surface area contributed by atoms with Crippen molar-refractivity contribution < 1.29 is 18.8 Å². The Morgan fingerprint density at radius 1 is 1.09 bits per heavy atom. The van der Waals surface area contributed by atoms with Gasteiger partial charge in [-0.05, 0) is 37.3 Å². The summed E-state index contributed by atoms with van der Waals surface area (Å²) >= 11 is 0. The Morgan fingerprint density at radius 2 is 1.86 bits per heavy atom. The minimum atomic E-state index is -0.598. The predicted molar refractivity (Wildman–Crippen MR) is 77.0 cm³/mol. The van der Waals surface area contributed by atoms with Crippen LogP contribution in [0.1, 0.15) is 16.2 Å². The minimum absolute atomic E-state index is 0.0614. The first-order valence-corrected chi connectivity index (χ1v) is 6.55. The molecule has 0 unspecified atom stereocenters. The maximum absolute atomic E-state index is 11.8. The van der Waals surface area contributed by atoms with E-state index >= 15 is 0 Å². The molecule has 0 fully saturated rings. The zero-order chi connectivity index (χ0) is 15.4. The largest absolute Gasteiger partial charge is 0.439 e. The summed E-state index contributed by atoms with van der Waals surface area (Å²) in [4.78, 5) is 15.9. The van der Waals surface area contributed by atoms with Gasteiger partial charge in [0.2, 0.25) is 11.6 Å². The second kappa shape index (κ2) is 6.09. The van der Waals surface area contributed by atoms with Crippen molar-refractivity contribution in [2.45, 2.75) is 6.92 Å². The van der Waals surface area contributed by atoms with E-state index in [4.69, 9.17) is 14.0 Å². The first-order valence-electron chi connectivity index (χ1n) is 6.55. The lowest BCUT2D eigenvalue weighted by molar-refractivity contribution is 0.0691. The van der Waals surface area contributed by atoms with Gasteiger partial charge in [0.25, 0.3) is 0 Å². The van der Waals surface area contributed by atoms with Gasteiger partial charge in [-0.1, -0.05) is 11.2 Å². The topological polar surface area (TPSA) is 74.5 Å². The highest BCUT2D eigenvalue weighted by Gasteiger charge is 2.14. The molecule has 2 heterocycles. The average molecular weight is 296 g/mol. The highest BCUT2D eigenvalue weighted by Crippen LogP contribution is 2.22. The Bertz CT molecular complexity index is 766. The molecule has 0 radical (unpaired) electrons. The maximum Gasteiger partial charge on any atom is 0.382 e. The van der Waals surface area contributed by atoms with Crippen molar-refractivity contribution in [1.29, 1.82) is 0 Å². The highest BCUT2D eigenvalue weighted by molar-refractivity contribution is 5.88. The van der Waals surface area contributed by atoms with Gasteiger partial charge in [0, 0.05) is 18.3 Å². The van der Waals surface area contributed by atoms with Crippen LogP contribution in [0.2, 0.25) is 0 Å². The van der Waals surface area contributed by atoms with Gasteiger partial charge < -0.3 is 14.0 Å². The molecule has 0 aliphatic heterocycles. The highest BCUT2D eigenvalue weighted by atomic mass is 16.6. The van der Waals surface area contributed by atoms with Gasteiger partial charge in [0.15, 0.2) is 0 Å². The molecule has 0 bridgehead atoms. The van der Waals surface area contributed by atoms with Gasteiger partial charge >= 0.3 is 5.97 Å². The van der Waals surface area contributed by atoms with E-state index in [2.05, 4.69) is 10.1 Å². The third kappa shape index (κ3) is 3.29. The number of hydrogen-bond acceptors (Lipinski definition) is 6. The molecule has 0 aliphatic rings. The van der Waals surface area contributed by atoms with Gasteiger partial charge in [-0.3, -0.25) is 0 Å². The smallest absolute Gasteiger partial charge is 0.382 e. The monoisotopic (exact) mass is 296 g/mol. The standard InChI is InChI=1S/C16H12N2O4/c1-11-10-14(22-18-11)16(19)21-13-7-5-12(6-8-13)20-15-4-2-3-9-17-15/h2-10H,1H3. The lowest BCUT2D eigenvalue weighted by Gasteiger charge is -2.05. The molecular weight excluding hydrogens is 284 g/mol. The molecule has 3 rings (SSSR count). The van der Waals surface area contributed by atoms with Crippen molar-refractivity contribution in [3.8, 4) is 17.4 Å². The van der Waals surface area contributed by atoms with Crippen LogP contribution in [-0.4, -0.2) is 16.1 Å². The maximum atomic E-state index is 11.8. The van der Waals surface area contributed by atoms with Crippen molar-refractivity contribution in [3.63, 3.8) is 0 Å². The number of benzene rings is 1. The van der Waals surface area contributed by atoms with E-state index in [0.717, 1.165) is 0 Å². The van der Waals surface area contributed by atoms with E-state index in [0.29, 0.717) is 23.1 Å². The number of carbonyl (C=O) groups excluding carboxylic acids is 1. The quantitative estimate of drug-likeness (QED) is 0.542. The minimum Gasteiger partial charge on any atom is -0.439 e. The number of nitrogens with zero attached hydrogens (tertiary/aromatic N) is 2. The van der Waals surface area contributed by atoms with Crippen LogP contribution in [0.3, 0.4) is 0 Å². The van der Waals surface area contributed by atoms with Crippen molar-refractivity contribution in [2.75, 3.05) is 0 Å². The van der Waals surface area contributed by atoms with E-state index < -0.39 is 5.97 Å². The first-order chi connectivity index (χ1) is 10.7. The van der Waals surface area contributed by atoms with Crippen LogP contribution >= 0.6 is 0 Å². The van der Waals surface area contributed by atoms with Crippen molar-refractivity contribution in [2.24, 2.45) is 0 Å².